The van der Waals surface area contributed by atoms with Crippen LogP contribution in [0.4, 0.5) is 10.5 Å². The molecule has 2 amide bonds. The van der Waals surface area contributed by atoms with Crippen LogP contribution in [0.3, 0.4) is 0 Å². The molecule has 0 atom stereocenters. The standard InChI is InChI=1S/C34H36N6O4S/c1-34(2,3)27-18-14-25(15-19-27)23-40-33(42)37-31(38-40)11-7-8-24-12-16-26(17-13-24)30-21-20-28(22-35-30)36-32(41)39-45(43,44)29-9-5-4-6-10-29/h4-6,9-10,12-22H,7-8,11,23H2,1-3H3,(H2,36,39,41)(H,37,38,42). The summed E-state index contributed by atoms with van der Waals surface area (Å²) in [6.45, 7) is 6.95. The Bertz CT molecular complexity index is 1910. The van der Waals surface area contributed by atoms with Gasteiger partial charge in [0.05, 0.1) is 29.0 Å². The highest BCUT2D eigenvalue weighted by Gasteiger charge is 2.17. The topological polar surface area (TPSA) is 139 Å². The van der Waals surface area contributed by atoms with E-state index in [9.17, 15) is 18.0 Å². The third-order valence-electron chi connectivity index (χ3n) is 7.31. The van der Waals surface area contributed by atoms with Crippen molar-refractivity contribution in [1.29, 1.82) is 0 Å². The maximum atomic E-state index is 12.4. The molecule has 5 aromatic rings. The van der Waals surface area contributed by atoms with Crippen molar-refractivity contribution in [2.45, 2.75) is 56.9 Å². The van der Waals surface area contributed by atoms with Crippen molar-refractivity contribution in [3.63, 3.8) is 0 Å². The summed E-state index contributed by atoms with van der Waals surface area (Å²) in [5.41, 5.74) is 5.27. The van der Waals surface area contributed by atoms with Crippen LogP contribution in [0.15, 0.2) is 107 Å². The van der Waals surface area contributed by atoms with E-state index in [1.807, 2.05) is 41.1 Å². The maximum Gasteiger partial charge on any atom is 0.343 e. The normalized spacial score (nSPS) is 11.7. The SMILES string of the molecule is CC(C)(C)c1ccc(Cn2nc(CCCc3ccc(-c4ccc(NC(=O)NS(=O)(=O)c5ccccc5)cn4)cc3)[nH]c2=O)cc1. The van der Waals surface area contributed by atoms with Crippen LogP contribution in [0.5, 0.6) is 0 Å². The number of urea groups is 1. The van der Waals surface area contributed by atoms with E-state index < -0.39 is 16.1 Å². The number of hydrogen-bond acceptors (Lipinski definition) is 6. The van der Waals surface area contributed by atoms with E-state index in [-0.39, 0.29) is 16.0 Å². The Balaban J connectivity index is 1.10. The molecule has 45 heavy (non-hydrogen) atoms. The van der Waals surface area contributed by atoms with Gasteiger partial charge in [-0.2, -0.15) is 5.10 Å². The lowest BCUT2D eigenvalue weighted by molar-refractivity contribution is 0.256. The van der Waals surface area contributed by atoms with Crippen LogP contribution in [0.2, 0.25) is 0 Å². The van der Waals surface area contributed by atoms with Crippen LogP contribution in [-0.2, 0) is 34.8 Å². The lowest BCUT2D eigenvalue weighted by atomic mass is 9.87. The Hall–Kier alpha value is -5.03. The van der Waals surface area contributed by atoms with Crippen molar-refractivity contribution in [2.75, 3.05) is 5.32 Å². The van der Waals surface area contributed by atoms with Gasteiger partial charge in [-0.3, -0.25) is 9.97 Å². The number of aromatic nitrogens is 4. The van der Waals surface area contributed by atoms with Gasteiger partial charge in [0.2, 0.25) is 0 Å². The molecule has 0 aliphatic rings. The fraction of sp³-hybridized carbons (Fsp3) is 0.235. The van der Waals surface area contributed by atoms with Gasteiger partial charge in [0.25, 0.3) is 10.0 Å². The maximum absolute atomic E-state index is 12.4. The van der Waals surface area contributed by atoms with Crippen molar-refractivity contribution < 1.29 is 13.2 Å². The van der Waals surface area contributed by atoms with Crippen LogP contribution in [0.1, 0.15) is 49.7 Å². The first kappa shape index (κ1) is 31.4. The van der Waals surface area contributed by atoms with Crippen LogP contribution >= 0.6 is 0 Å². The summed E-state index contributed by atoms with van der Waals surface area (Å²) in [5.74, 6) is 0.673. The lowest BCUT2D eigenvalue weighted by Gasteiger charge is -2.19. The summed E-state index contributed by atoms with van der Waals surface area (Å²) in [4.78, 5) is 32.0. The number of sulfonamides is 1. The quantitative estimate of drug-likeness (QED) is 0.183. The number of hydrogen-bond donors (Lipinski definition) is 3. The lowest BCUT2D eigenvalue weighted by Crippen LogP contribution is -2.34. The van der Waals surface area contributed by atoms with Crippen LogP contribution in [0.25, 0.3) is 11.3 Å². The van der Waals surface area contributed by atoms with E-state index in [0.29, 0.717) is 30.2 Å². The first-order valence-corrected chi connectivity index (χ1v) is 16.1. The monoisotopic (exact) mass is 624 g/mol. The molecule has 0 unspecified atom stereocenters. The van der Waals surface area contributed by atoms with Gasteiger partial charge in [-0.1, -0.05) is 87.5 Å². The number of carbonyl (C=O) groups is 1. The summed E-state index contributed by atoms with van der Waals surface area (Å²) < 4.78 is 28.1. The second-order valence-corrected chi connectivity index (χ2v) is 13.5. The number of aromatic amines is 1. The summed E-state index contributed by atoms with van der Waals surface area (Å²) in [6.07, 6.45) is 3.77. The average Bonchev–Trinajstić information content (AvgIpc) is 3.36. The van der Waals surface area contributed by atoms with Gasteiger partial charge in [0.15, 0.2) is 0 Å². The Morgan fingerprint density at radius 3 is 2.20 bits per heavy atom. The van der Waals surface area contributed by atoms with Gasteiger partial charge in [0, 0.05) is 12.0 Å². The summed E-state index contributed by atoms with van der Waals surface area (Å²) in [7, 11) is -3.98. The molecule has 2 heterocycles. The van der Waals surface area contributed by atoms with E-state index in [1.54, 1.807) is 30.3 Å². The second-order valence-electron chi connectivity index (χ2n) is 11.8. The third-order valence-corrected chi connectivity index (χ3v) is 8.66. The van der Waals surface area contributed by atoms with E-state index >= 15 is 0 Å². The molecular weight excluding hydrogens is 588 g/mol. The zero-order valence-electron chi connectivity index (χ0n) is 25.4. The van der Waals surface area contributed by atoms with Gasteiger partial charge in [-0.15, -0.1) is 0 Å². The van der Waals surface area contributed by atoms with Crippen molar-refractivity contribution in [3.05, 3.63) is 130 Å². The summed E-state index contributed by atoms with van der Waals surface area (Å²) in [6, 6.07) is 26.5. The number of aryl methyl sites for hydroxylation is 2. The minimum Gasteiger partial charge on any atom is -0.306 e. The second kappa shape index (κ2) is 13.3. The number of carbonyl (C=O) groups excluding carboxylic acids is 1. The molecule has 0 saturated carbocycles. The predicted octanol–water partition coefficient (Wildman–Crippen LogP) is 5.66. The highest BCUT2D eigenvalue weighted by molar-refractivity contribution is 7.90. The number of pyridine rings is 1. The fourth-order valence-corrected chi connectivity index (χ4v) is 5.71. The van der Waals surface area contributed by atoms with Crippen LogP contribution < -0.4 is 15.7 Å². The van der Waals surface area contributed by atoms with Crippen molar-refractivity contribution in [3.8, 4) is 11.3 Å². The van der Waals surface area contributed by atoms with Gasteiger partial charge >= 0.3 is 11.7 Å². The molecule has 5 rings (SSSR count). The number of nitrogens with one attached hydrogen (secondary N) is 3. The number of anilines is 1. The Morgan fingerprint density at radius 2 is 1.56 bits per heavy atom. The number of benzene rings is 3. The zero-order chi connectivity index (χ0) is 32.0. The zero-order valence-corrected chi connectivity index (χ0v) is 26.3. The number of nitrogens with zero attached hydrogens (tertiary/aromatic N) is 3. The largest absolute Gasteiger partial charge is 0.343 e. The average molecular weight is 625 g/mol. The molecule has 3 N–H and O–H groups in total. The molecule has 0 saturated heterocycles. The van der Waals surface area contributed by atoms with Gasteiger partial charge in [-0.25, -0.2) is 27.4 Å². The number of rotatable bonds is 10. The molecule has 0 fully saturated rings. The van der Waals surface area contributed by atoms with Gasteiger partial charge in [-0.05, 0) is 59.2 Å². The minimum atomic E-state index is -3.98. The smallest absolute Gasteiger partial charge is 0.306 e. The molecule has 0 aliphatic heterocycles. The molecule has 11 heteroatoms. The predicted molar refractivity (Wildman–Crippen MR) is 175 cm³/mol. The Kier molecular flexibility index (Phi) is 9.29. The van der Waals surface area contributed by atoms with E-state index in [2.05, 4.69) is 53.3 Å². The molecule has 10 nitrogen and oxygen atoms in total. The highest BCUT2D eigenvalue weighted by atomic mass is 32.2. The van der Waals surface area contributed by atoms with Crippen molar-refractivity contribution in [2.24, 2.45) is 0 Å². The van der Waals surface area contributed by atoms with Gasteiger partial charge < -0.3 is 5.32 Å². The molecule has 232 valence electrons. The third kappa shape index (κ3) is 8.33. The highest BCUT2D eigenvalue weighted by Crippen LogP contribution is 2.23. The van der Waals surface area contributed by atoms with E-state index in [1.165, 1.54) is 28.6 Å². The Labute approximate surface area is 262 Å². The molecular formula is C34H36N6O4S. The summed E-state index contributed by atoms with van der Waals surface area (Å²) >= 11 is 0. The number of H-pyrrole nitrogens is 1. The molecule has 0 aliphatic carbocycles. The van der Waals surface area contributed by atoms with Crippen molar-refractivity contribution in [1.82, 2.24) is 24.5 Å². The minimum absolute atomic E-state index is 0.00337. The van der Waals surface area contributed by atoms with Gasteiger partial charge in [0.1, 0.15) is 5.82 Å². The van der Waals surface area contributed by atoms with E-state index in [0.717, 1.165) is 29.5 Å². The molecule has 0 bridgehead atoms. The number of amides is 2. The van der Waals surface area contributed by atoms with E-state index in [4.69, 9.17) is 0 Å². The fourth-order valence-electron chi connectivity index (χ4n) is 4.78. The van der Waals surface area contributed by atoms with Crippen LogP contribution in [0, 0.1) is 0 Å². The molecule has 0 radical (unpaired) electrons. The first-order valence-electron chi connectivity index (χ1n) is 14.7. The van der Waals surface area contributed by atoms with Crippen LogP contribution in [-0.4, -0.2) is 34.2 Å². The Morgan fingerprint density at radius 1 is 0.867 bits per heavy atom. The molecule has 0 spiro atoms. The first-order chi connectivity index (χ1) is 21.5. The molecule has 2 aromatic heterocycles. The summed E-state index contributed by atoms with van der Waals surface area (Å²) in [5, 5.41) is 6.99. The van der Waals surface area contributed by atoms with Crippen molar-refractivity contribution >= 4 is 21.7 Å². The molecule has 3 aromatic carbocycles.